The average molecular weight is 175 g/mol. The van der Waals surface area contributed by atoms with Crippen molar-refractivity contribution in [2.45, 2.75) is 4.90 Å². The lowest BCUT2D eigenvalue weighted by Gasteiger charge is -1.96. The van der Waals surface area contributed by atoms with Gasteiger partial charge in [0.25, 0.3) is 0 Å². The van der Waals surface area contributed by atoms with E-state index < -0.39 is 0 Å². The van der Waals surface area contributed by atoms with Gasteiger partial charge in [-0.1, -0.05) is 6.07 Å². The van der Waals surface area contributed by atoms with Crippen LogP contribution in [0.1, 0.15) is 0 Å². The normalized spacial score (nSPS) is 9.70. The van der Waals surface area contributed by atoms with Gasteiger partial charge < -0.3 is 5.11 Å². The summed E-state index contributed by atoms with van der Waals surface area (Å²) in [6, 6.07) is 7.03. The molecule has 0 amide bonds. The summed E-state index contributed by atoms with van der Waals surface area (Å²) in [5.74, 6) is 0.287. The topological polar surface area (TPSA) is 20.2 Å². The van der Waals surface area contributed by atoms with Gasteiger partial charge in [0.05, 0.1) is 5.21 Å². The fraction of sp³-hybridized carbons (Fsp3) is 0.143. The third-order valence-electron chi connectivity index (χ3n) is 1.04. The highest BCUT2D eigenvalue weighted by molar-refractivity contribution is 8.00. The van der Waals surface area contributed by atoms with Crippen molar-refractivity contribution >= 4 is 23.4 Å². The molecule has 0 heterocycles. The van der Waals surface area contributed by atoms with E-state index in [2.05, 4.69) is 0 Å². The first-order chi connectivity index (χ1) is 4.83. The number of alkyl halides is 1. The van der Waals surface area contributed by atoms with E-state index in [9.17, 15) is 0 Å². The van der Waals surface area contributed by atoms with Crippen LogP contribution < -0.4 is 0 Å². The number of benzene rings is 1. The first-order valence-electron chi connectivity index (χ1n) is 2.81. The van der Waals surface area contributed by atoms with Crippen molar-refractivity contribution in [1.29, 1.82) is 0 Å². The molecule has 3 heteroatoms. The molecule has 0 unspecified atom stereocenters. The highest BCUT2D eigenvalue weighted by Crippen LogP contribution is 2.22. The van der Waals surface area contributed by atoms with Gasteiger partial charge >= 0.3 is 0 Å². The van der Waals surface area contributed by atoms with Gasteiger partial charge in [0.2, 0.25) is 0 Å². The Kier molecular flexibility index (Phi) is 2.90. The van der Waals surface area contributed by atoms with Gasteiger partial charge in [-0.05, 0) is 18.2 Å². The molecule has 1 nitrogen and oxygen atoms in total. The lowest BCUT2D eigenvalue weighted by molar-refractivity contribution is 0.474. The Morgan fingerprint density at radius 1 is 1.50 bits per heavy atom. The summed E-state index contributed by atoms with van der Waals surface area (Å²) < 4.78 is 0. The predicted molar refractivity (Wildman–Crippen MR) is 44.7 cm³/mol. The minimum atomic E-state index is 0.287. The summed E-state index contributed by atoms with van der Waals surface area (Å²) >= 11 is 6.96. The molecule has 0 aliphatic carbocycles. The Hall–Kier alpha value is -0.340. The van der Waals surface area contributed by atoms with E-state index in [1.807, 2.05) is 6.07 Å². The zero-order valence-corrected chi connectivity index (χ0v) is 6.82. The number of thioether (sulfide) groups is 1. The summed E-state index contributed by atoms with van der Waals surface area (Å²) in [5.41, 5.74) is 0. The zero-order chi connectivity index (χ0) is 7.40. The number of phenolic OH excluding ortho intramolecular Hbond substituents is 1. The quantitative estimate of drug-likeness (QED) is 0.550. The molecule has 0 saturated heterocycles. The molecule has 1 N–H and O–H groups in total. The molecular formula is C7H7ClOS. The number of phenols is 1. The molecular weight excluding hydrogens is 168 g/mol. The molecule has 0 aromatic heterocycles. The summed E-state index contributed by atoms with van der Waals surface area (Å²) in [5, 5.41) is 9.50. The maximum atomic E-state index is 8.98. The molecule has 0 radical (unpaired) electrons. The third kappa shape index (κ3) is 2.12. The fourth-order valence-corrected chi connectivity index (χ4v) is 1.52. The molecule has 0 saturated carbocycles. The summed E-state index contributed by atoms with van der Waals surface area (Å²) in [6.45, 7) is 0. The van der Waals surface area contributed by atoms with Crippen molar-refractivity contribution < 1.29 is 5.11 Å². The maximum absolute atomic E-state index is 8.98. The lowest BCUT2D eigenvalue weighted by atomic mass is 10.3. The molecule has 1 rings (SSSR count). The van der Waals surface area contributed by atoms with Crippen LogP contribution >= 0.6 is 23.4 Å². The van der Waals surface area contributed by atoms with E-state index in [1.54, 1.807) is 18.2 Å². The van der Waals surface area contributed by atoms with Crippen LogP contribution in [-0.4, -0.2) is 10.3 Å². The fourth-order valence-electron chi connectivity index (χ4n) is 0.636. The molecule has 0 spiro atoms. The minimum Gasteiger partial charge on any atom is -0.508 e. The van der Waals surface area contributed by atoms with Gasteiger partial charge in [-0.2, -0.15) is 0 Å². The molecule has 1 aromatic carbocycles. The SMILES string of the molecule is Oc1cccc(SCCl)c1. The van der Waals surface area contributed by atoms with Crippen molar-refractivity contribution in [1.82, 2.24) is 0 Å². The summed E-state index contributed by atoms with van der Waals surface area (Å²) in [6.07, 6.45) is 0. The van der Waals surface area contributed by atoms with Crippen LogP contribution in [-0.2, 0) is 0 Å². The second-order valence-electron chi connectivity index (χ2n) is 1.75. The molecule has 0 bridgehead atoms. The van der Waals surface area contributed by atoms with Crippen molar-refractivity contribution in [2.24, 2.45) is 0 Å². The van der Waals surface area contributed by atoms with Crippen LogP contribution in [0, 0.1) is 0 Å². The first-order valence-corrected chi connectivity index (χ1v) is 4.33. The Balaban J connectivity index is 2.75. The van der Waals surface area contributed by atoms with Gasteiger partial charge in [0.1, 0.15) is 5.75 Å². The van der Waals surface area contributed by atoms with Gasteiger partial charge in [-0.25, -0.2) is 0 Å². The van der Waals surface area contributed by atoms with Gasteiger partial charge in [-0.15, -0.1) is 23.4 Å². The van der Waals surface area contributed by atoms with E-state index in [0.29, 0.717) is 5.21 Å². The van der Waals surface area contributed by atoms with Gasteiger partial charge in [-0.3, -0.25) is 0 Å². The molecule has 54 valence electrons. The molecule has 0 fully saturated rings. The highest BCUT2D eigenvalue weighted by Gasteiger charge is 1.91. The first kappa shape index (κ1) is 7.76. The Labute approximate surface area is 69.0 Å². The monoisotopic (exact) mass is 174 g/mol. The van der Waals surface area contributed by atoms with E-state index in [1.165, 1.54) is 11.8 Å². The number of halogens is 1. The Bertz CT molecular complexity index is 215. The van der Waals surface area contributed by atoms with Crippen LogP contribution in [0.5, 0.6) is 5.75 Å². The van der Waals surface area contributed by atoms with Crippen molar-refractivity contribution in [3.8, 4) is 5.75 Å². The number of hydrogen-bond donors (Lipinski definition) is 1. The van der Waals surface area contributed by atoms with Crippen LogP contribution in [0.4, 0.5) is 0 Å². The van der Waals surface area contributed by atoms with Crippen molar-refractivity contribution in [3.63, 3.8) is 0 Å². The van der Waals surface area contributed by atoms with Gasteiger partial charge in [0, 0.05) is 4.90 Å². The zero-order valence-electron chi connectivity index (χ0n) is 5.25. The van der Waals surface area contributed by atoms with E-state index >= 15 is 0 Å². The second kappa shape index (κ2) is 3.74. The largest absolute Gasteiger partial charge is 0.508 e. The molecule has 0 aliphatic rings. The number of aromatic hydroxyl groups is 1. The van der Waals surface area contributed by atoms with Crippen LogP contribution in [0.2, 0.25) is 0 Å². The third-order valence-corrected chi connectivity index (χ3v) is 2.06. The molecule has 0 atom stereocenters. The number of rotatable bonds is 2. The van der Waals surface area contributed by atoms with Crippen LogP contribution in [0.3, 0.4) is 0 Å². The molecule has 0 aliphatic heterocycles. The van der Waals surface area contributed by atoms with Crippen LogP contribution in [0.25, 0.3) is 0 Å². The lowest BCUT2D eigenvalue weighted by Crippen LogP contribution is -1.69. The molecule has 1 aromatic rings. The Morgan fingerprint density at radius 2 is 2.30 bits per heavy atom. The van der Waals surface area contributed by atoms with Crippen molar-refractivity contribution in [3.05, 3.63) is 24.3 Å². The Morgan fingerprint density at radius 3 is 2.90 bits per heavy atom. The van der Waals surface area contributed by atoms with Gasteiger partial charge in [0.15, 0.2) is 0 Å². The number of hydrogen-bond acceptors (Lipinski definition) is 2. The summed E-state index contributed by atoms with van der Waals surface area (Å²) in [4.78, 5) is 0.995. The standard InChI is InChI=1S/C7H7ClOS/c8-5-10-7-3-1-2-6(9)4-7/h1-4,9H,5H2. The highest BCUT2D eigenvalue weighted by atomic mass is 35.5. The van der Waals surface area contributed by atoms with E-state index in [0.717, 1.165) is 4.90 Å². The molecule has 10 heavy (non-hydrogen) atoms. The minimum absolute atomic E-state index is 0.287. The van der Waals surface area contributed by atoms with Crippen molar-refractivity contribution in [2.75, 3.05) is 5.21 Å². The van der Waals surface area contributed by atoms with Crippen LogP contribution in [0.15, 0.2) is 29.2 Å². The van der Waals surface area contributed by atoms with E-state index in [4.69, 9.17) is 16.7 Å². The second-order valence-corrected chi connectivity index (χ2v) is 3.38. The summed E-state index contributed by atoms with van der Waals surface area (Å²) in [7, 11) is 0. The predicted octanol–water partition coefficient (Wildman–Crippen LogP) is 2.68. The maximum Gasteiger partial charge on any atom is 0.116 e. The van der Waals surface area contributed by atoms with E-state index in [-0.39, 0.29) is 5.75 Å². The smallest absolute Gasteiger partial charge is 0.116 e. The average Bonchev–Trinajstić information content (AvgIpc) is 1.88.